The van der Waals surface area contributed by atoms with Crippen LogP contribution >= 0.6 is 0 Å². The van der Waals surface area contributed by atoms with Gasteiger partial charge in [-0.3, -0.25) is 0 Å². The van der Waals surface area contributed by atoms with Crippen molar-refractivity contribution in [1.29, 1.82) is 0 Å². The molecule has 0 aromatic carbocycles. The Morgan fingerprint density at radius 2 is 1.55 bits per heavy atom. The van der Waals surface area contributed by atoms with E-state index in [1.807, 2.05) is 0 Å². The van der Waals surface area contributed by atoms with Crippen molar-refractivity contribution < 1.29 is 19.1 Å². The van der Waals surface area contributed by atoms with Crippen molar-refractivity contribution in [1.82, 2.24) is 0 Å². The lowest BCUT2D eigenvalue weighted by molar-refractivity contribution is -0.138. The highest BCUT2D eigenvalue weighted by Crippen LogP contribution is 1.86. The van der Waals surface area contributed by atoms with Gasteiger partial charge in [0, 0.05) is 0 Å². The Balaban J connectivity index is 4.43. The molecule has 0 N–H and O–H groups in total. The summed E-state index contributed by atoms with van der Waals surface area (Å²) in [6, 6.07) is 0. The second-order valence-corrected chi connectivity index (χ2v) is 1.42. The van der Waals surface area contributed by atoms with Gasteiger partial charge in [-0.1, -0.05) is 0 Å². The molecule has 0 radical (unpaired) electrons. The largest absolute Gasteiger partial charge is 0.791 e. The van der Waals surface area contributed by atoms with Gasteiger partial charge >= 0.3 is 11.9 Å². The summed E-state index contributed by atoms with van der Waals surface area (Å²) in [5.41, 5.74) is -0.894. The van der Waals surface area contributed by atoms with E-state index in [4.69, 9.17) is 0 Å². The Kier molecular flexibility index (Phi) is 3.65. The van der Waals surface area contributed by atoms with Crippen LogP contribution < -0.4 is 0 Å². The van der Waals surface area contributed by atoms with Crippen molar-refractivity contribution >= 4 is 17.7 Å². The minimum Gasteiger partial charge on any atom is -0.791 e. The second-order valence-electron chi connectivity index (χ2n) is 1.42. The van der Waals surface area contributed by atoms with Crippen molar-refractivity contribution in [3.05, 3.63) is 5.21 Å². The minimum absolute atomic E-state index is 0.894. The smallest absolute Gasteiger partial charge is 0.363 e. The van der Waals surface area contributed by atoms with E-state index in [9.17, 15) is 14.8 Å². The molecule has 0 saturated heterocycles. The third-order valence-electron chi connectivity index (χ3n) is 0.849. The van der Waals surface area contributed by atoms with E-state index in [1.165, 1.54) is 0 Å². The maximum atomic E-state index is 10.5. The summed E-state index contributed by atoms with van der Waals surface area (Å²) in [5.74, 6) is -2.21. The molecule has 0 aliphatic rings. The third-order valence-corrected chi connectivity index (χ3v) is 0.849. The first-order valence-corrected chi connectivity index (χ1v) is 2.54. The summed E-state index contributed by atoms with van der Waals surface area (Å²) in [4.78, 5) is 21.0. The highest BCUT2D eigenvalue weighted by atomic mass is 16.5. The molecule has 6 heteroatoms. The van der Waals surface area contributed by atoms with Gasteiger partial charge in [-0.2, -0.15) is 0 Å². The Morgan fingerprint density at radius 3 is 1.73 bits per heavy atom. The summed E-state index contributed by atoms with van der Waals surface area (Å²) >= 11 is 0. The number of hydrogen-bond acceptors (Lipinski definition) is 6. The Hall–Kier alpha value is -1.59. The van der Waals surface area contributed by atoms with E-state index in [1.54, 1.807) is 0 Å². The molecule has 0 rings (SSSR count). The lowest BCUT2D eigenvalue weighted by atomic mass is 10.4. The molecular weight excluding hydrogens is 154 g/mol. The number of esters is 2. The fourth-order valence-corrected chi connectivity index (χ4v) is 0.351. The lowest BCUT2D eigenvalue weighted by Crippen LogP contribution is -2.26. The quantitative estimate of drug-likeness (QED) is 0.230. The molecular formula is C5H6NO5-. The second kappa shape index (κ2) is 4.26. The van der Waals surface area contributed by atoms with E-state index in [0.29, 0.717) is 0 Å². The highest BCUT2D eigenvalue weighted by Gasteiger charge is 2.19. The summed E-state index contributed by atoms with van der Waals surface area (Å²) in [5, 5.41) is 12.0. The van der Waals surface area contributed by atoms with E-state index < -0.39 is 17.7 Å². The SMILES string of the molecule is COC(=O)C(=N[O-])C(=O)OC. The average molecular weight is 160 g/mol. The van der Waals surface area contributed by atoms with Crippen LogP contribution in [-0.4, -0.2) is 31.9 Å². The summed E-state index contributed by atoms with van der Waals surface area (Å²) in [6.45, 7) is 0. The van der Waals surface area contributed by atoms with Crippen LogP contribution in [0, 0.1) is 5.21 Å². The first-order valence-electron chi connectivity index (χ1n) is 2.54. The molecule has 0 aromatic rings. The maximum Gasteiger partial charge on any atom is 0.363 e. The minimum atomic E-state index is -1.10. The van der Waals surface area contributed by atoms with Gasteiger partial charge in [-0.05, 0) is 0 Å². The predicted molar refractivity (Wildman–Crippen MR) is 34.8 cm³/mol. The van der Waals surface area contributed by atoms with Gasteiger partial charge in [0.15, 0.2) is 0 Å². The molecule has 0 aliphatic heterocycles. The van der Waals surface area contributed by atoms with Crippen LogP contribution in [0.25, 0.3) is 0 Å². The predicted octanol–water partition coefficient (Wildman–Crippen LogP) is -0.729. The maximum absolute atomic E-state index is 10.5. The number of methoxy groups -OCH3 is 2. The molecule has 0 heterocycles. The molecule has 0 bridgehead atoms. The Bertz CT molecular complexity index is 179. The first kappa shape index (κ1) is 9.41. The Labute approximate surface area is 62.4 Å². The zero-order valence-corrected chi connectivity index (χ0v) is 5.99. The number of hydrogen-bond donors (Lipinski definition) is 0. The van der Waals surface area contributed by atoms with E-state index >= 15 is 0 Å². The van der Waals surface area contributed by atoms with Gasteiger partial charge in [0.25, 0.3) is 0 Å². The molecule has 62 valence electrons. The van der Waals surface area contributed by atoms with Gasteiger partial charge in [-0.15, -0.1) is 0 Å². The van der Waals surface area contributed by atoms with Crippen LogP contribution in [0.2, 0.25) is 0 Å². The highest BCUT2D eigenvalue weighted by molar-refractivity contribution is 6.62. The molecule has 0 aromatic heterocycles. The van der Waals surface area contributed by atoms with Gasteiger partial charge < -0.3 is 19.8 Å². The lowest BCUT2D eigenvalue weighted by Gasteiger charge is -2.02. The van der Waals surface area contributed by atoms with Gasteiger partial charge in [0.2, 0.25) is 5.71 Å². The zero-order chi connectivity index (χ0) is 8.85. The van der Waals surface area contributed by atoms with Crippen LogP contribution in [0.4, 0.5) is 0 Å². The van der Waals surface area contributed by atoms with Crippen molar-refractivity contribution in [2.75, 3.05) is 14.2 Å². The standard InChI is InChI=1S/C5H7NO5/c1-10-4(7)3(6-9)5(8)11-2/h9H,1-2H3/p-1. The molecule has 0 spiro atoms. The summed E-state index contributed by atoms with van der Waals surface area (Å²) in [7, 11) is 2.05. The fraction of sp³-hybridized carbons (Fsp3) is 0.400. The van der Waals surface area contributed by atoms with E-state index in [0.717, 1.165) is 14.2 Å². The Morgan fingerprint density at radius 1 is 1.18 bits per heavy atom. The summed E-state index contributed by atoms with van der Waals surface area (Å²) in [6.07, 6.45) is 0. The van der Waals surface area contributed by atoms with Crippen LogP contribution in [-0.2, 0) is 19.1 Å². The third kappa shape index (κ3) is 2.24. The van der Waals surface area contributed by atoms with Crippen LogP contribution in [0.3, 0.4) is 0 Å². The molecule has 0 saturated carbocycles. The zero-order valence-electron chi connectivity index (χ0n) is 5.99. The average Bonchev–Trinajstić information content (AvgIpc) is 2.05. The number of carbonyl (C=O) groups is 2. The number of rotatable bonds is 2. The van der Waals surface area contributed by atoms with Crippen LogP contribution in [0.15, 0.2) is 5.16 Å². The topological polar surface area (TPSA) is 88.0 Å². The molecule has 0 atom stereocenters. The van der Waals surface area contributed by atoms with Crippen molar-refractivity contribution in [3.63, 3.8) is 0 Å². The molecule has 6 nitrogen and oxygen atoms in total. The van der Waals surface area contributed by atoms with E-state index in [2.05, 4.69) is 14.6 Å². The van der Waals surface area contributed by atoms with Crippen molar-refractivity contribution in [2.45, 2.75) is 0 Å². The van der Waals surface area contributed by atoms with Crippen molar-refractivity contribution in [2.24, 2.45) is 5.16 Å². The van der Waals surface area contributed by atoms with E-state index in [-0.39, 0.29) is 0 Å². The molecule has 0 aliphatic carbocycles. The van der Waals surface area contributed by atoms with Gasteiger partial charge in [0.1, 0.15) is 0 Å². The van der Waals surface area contributed by atoms with Crippen LogP contribution in [0.1, 0.15) is 0 Å². The van der Waals surface area contributed by atoms with Crippen LogP contribution in [0.5, 0.6) is 0 Å². The molecule has 0 amide bonds. The van der Waals surface area contributed by atoms with Crippen molar-refractivity contribution in [3.8, 4) is 0 Å². The van der Waals surface area contributed by atoms with Gasteiger partial charge in [0.05, 0.1) is 14.2 Å². The number of ether oxygens (including phenoxy) is 2. The molecule has 0 fully saturated rings. The molecule has 0 unspecified atom stereocenters. The fourth-order valence-electron chi connectivity index (χ4n) is 0.351. The molecule has 11 heavy (non-hydrogen) atoms. The summed E-state index contributed by atoms with van der Waals surface area (Å²) < 4.78 is 8.11. The van der Waals surface area contributed by atoms with Gasteiger partial charge in [-0.25, -0.2) is 9.59 Å². The first-order chi connectivity index (χ1) is 5.17. The number of nitrogens with zero attached hydrogens (tertiary/aromatic N) is 1. The monoisotopic (exact) mass is 160 g/mol. The number of carbonyl (C=O) groups excluding carboxylic acids is 2. The normalized spacial score (nSPS) is 8.18.